The average molecular weight is 247 g/mol. The third-order valence-corrected chi connectivity index (χ3v) is 2.67. The molecule has 0 unspecified atom stereocenters. The van der Waals surface area contributed by atoms with Crippen molar-refractivity contribution in [3.05, 3.63) is 36.4 Å². The van der Waals surface area contributed by atoms with Crippen molar-refractivity contribution in [3.63, 3.8) is 0 Å². The van der Waals surface area contributed by atoms with Crippen molar-refractivity contribution in [3.8, 4) is 5.75 Å². The Morgan fingerprint density at radius 3 is 3.00 bits per heavy atom. The number of carboxylic acid groups (broad SMARTS) is 1. The van der Waals surface area contributed by atoms with Gasteiger partial charge in [0.2, 0.25) is 0 Å². The van der Waals surface area contributed by atoms with Crippen molar-refractivity contribution in [1.29, 1.82) is 0 Å². The van der Waals surface area contributed by atoms with Crippen LogP contribution in [0.25, 0.3) is 0 Å². The number of carboxylic acids is 1. The van der Waals surface area contributed by atoms with Crippen molar-refractivity contribution < 1.29 is 19.4 Å². The van der Waals surface area contributed by atoms with E-state index in [1.54, 1.807) is 18.2 Å². The third-order valence-electron chi connectivity index (χ3n) is 2.67. The molecule has 0 spiro atoms. The Morgan fingerprint density at radius 1 is 1.56 bits per heavy atom. The van der Waals surface area contributed by atoms with Crippen LogP contribution in [0.2, 0.25) is 0 Å². The molecule has 0 aromatic heterocycles. The summed E-state index contributed by atoms with van der Waals surface area (Å²) in [5.41, 5.74) is 1.40. The average Bonchev–Trinajstić information content (AvgIpc) is 2.33. The smallest absolute Gasteiger partial charge is 0.323 e. The quantitative estimate of drug-likeness (QED) is 0.812. The van der Waals surface area contributed by atoms with Gasteiger partial charge in [0.25, 0.3) is 5.91 Å². The Labute approximate surface area is 104 Å². The van der Waals surface area contributed by atoms with E-state index >= 15 is 0 Å². The number of rotatable bonds is 4. The molecule has 1 N–H and O–H groups in total. The van der Waals surface area contributed by atoms with Gasteiger partial charge < -0.3 is 9.84 Å². The summed E-state index contributed by atoms with van der Waals surface area (Å²) in [5, 5.41) is 8.83. The van der Waals surface area contributed by atoms with Crippen LogP contribution in [-0.2, 0) is 16.0 Å². The second-order valence-electron chi connectivity index (χ2n) is 3.92. The molecule has 5 nitrogen and oxygen atoms in total. The lowest BCUT2D eigenvalue weighted by Gasteiger charge is -2.29. The zero-order valence-corrected chi connectivity index (χ0v) is 9.76. The minimum absolute atomic E-state index is 0.131. The number of carbonyl (C=O) groups is 2. The first-order valence-corrected chi connectivity index (χ1v) is 5.51. The van der Waals surface area contributed by atoms with E-state index in [4.69, 9.17) is 9.84 Å². The molecule has 1 aliphatic heterocycles. The van der Waals surface area contributed by atoms with Gasteiger partial charge in [-0.2, -0.15) is 0 Å². The normalized spacial score (nSPS) is 13.8. The van der Waals surface area contributed by atoms with Gasteiger partial charge in [0.05, 0.1) is 5.69 Å². The molecule has 1 aliphatic rings. The molecule has 0 fully saturated rings. The van der Waals surface area contributed by atoms with Gasteiger partial charge in [0.15, 0.2) is 6.61 Å². The molecule has 0 bridgehead atoms. The fraction of sp³-hybridized carbons (Fsp3) is 0.231. The van der Waals surface area contributed by atoms with Gasteiger partial charge in [-0.05, 0) is 12.5 Å². The first-order valence-electron chi connectivity index (χ1n) is 5.51. The highest BCUT2D eigenvalue weighted by molar-refractivity contribution is 6.01. The fourth-order valence-electron chi connectivity index (χ4n) is 1.92. The number of allylic oxidation sites excluding steroid dienone is 1. The van der Waals surface area contributed by atoms with E-state index in [0.717, 1.165) is 5.56 Å². The molecule has 1 aromatic carbocycles. The van der Waals surface area contributed by atoms with Gasteiger partial charge >= 0.3 is 5.97 Å². The van der Waals surface area contributed by atoms with Crippen molar-refractivity contribution in [2.75, 3.05) is 18.1 Å². The lowest BCUT2D eigenvalue weighted by Crippen LogP contribution is -2.42. The predicted octanol–water partition coefficient (Wildman–Crippen LogP) is 1.23. The Bertz CT molecular complexity index is 510. The van der Waals surface area contributed by atoms with Crippen LogP contribution in [0.4, 0.5) is 5.69 Å². The minimum Gasteiger partial charge on any atom is -0.481 e. The van der Waals surface area contributed by atoms with Gasteiger partial charge in [0, 0.05) is 5.56 Å². The molecule has 94 valence electrons. The zero-order valence-electron chi connectivity index (χ0n) is 9.76. The van der Waals surface area contributed by atoms with Gasteiger partial charge in [-0.15, -0.1) is 6.58 Å². The second kappa shape index (κ2) is 4.91. The minimum atomic E-state index is -1.05. The molecule has 0 saturated carbocycles. The fourth-order valence-corrected chi connectivity index (χ4v) is 1.92. The van der Waals surface area contributed by atoms with Crippen molar-refractivity contribution in [2.45, 2.75) is 6.42 Å². The highest BCUT2D eigenvalue weighted by Gasteiger charge is 2.28. The Balaban J connectivity index is 2.43. The molecule has 1 amide bonds. The predicted molar refractivity (Wildman–Crippen MR) is 65.8 cm³/mol. The molecule has 1 aromatic rings. The number of ether oxygens (including phenoxy) is 1. The van der Waals surface area contributed by atoms with Gasteiger partial charge in [-0.3, -0.25) is 14.5 Å². The van der Waals surface area contributed by atoms with E-state index in [-0.39, 0.29) is 19.1 Å². The largest absolute Gasteiger partial charge is 0.481 e. The lowest BCUT2D eigenvalue weighted by molar-refractivity contribution is -0.137. The summed E-state index contributed by atoms with van der Waals surface area (Å²) in [4.78, 5) is 23.7. The Morgan fingerprint density at radius 2 is 2.33 bits per heavy atom. The maximum absolute atomic E-state index is 11.7. The molecule has 5 heteroatoms. The lowest BCUT2D eigenvalue weighted by atomic mass is 10.1. The van der Waals surface area contributed by atoms with Gasteiger partial charge in [0.1, 0.15) is 12.3 Å². The zero-order chi connectivity index (χ0) is 13.1. The number of hydrogen-bond donors (Lipinski definition) is 1. The standard InChI is InChI=1S/C13H13NO4/c1-2-4-9-5-3-6-10-13(9)18-8-11(15)14(10)7-12(16)17/h2-3,5-6H,1,4,7-8H2,(H,16,17). The number of fused-ring (bicyclic) bond motifs is 1. The van der Waals surface area contributed by atoms with Crippen LogP contribution in [0, 0.1) is 0 Å². The molecule has 18 heavy (non-hydrogen) atoms. The number of amides is 1. The van der Waals surface area contributed by atoms with E-state index in [1.807, 2.05) is 6.07 Å². The van der Waals surface area contributed by atoms with Crippen molar-refractivity contribution in [2.24, 2.45) is 0 Å². The van der Waals surface area contributed by atoms with Gasteiger partial charge in [-0.1, -0.05) is 18.2 Å². The molecule has 2 rings (SSSR count). The molecule has 0 atom stereocenters. The molecular formula is C13H13NO4. The molecule has 0 aliphatic carbocycles. The van der Waals surface area contributed by atoms with E-state index in [2.05, 4.69) is 6.58 Å². The number of anilines is 1. The number of aliphatic carboxylic acids is 1. The van der Waals surface area contributed by atoms with Crippen LogP contribution in [0.1, 0.15) is 5.56 Å². The second-order valence-corrected chi connectivity index (χ2v) is 3.92. The number of carbonyl (C=O) groups excluding carboxylic acids is 1. The number of nitrogens with zero attached hydrogens (tertiary/aromatic N) is 1. The van der Waals surface area contributed by atoms with E-state index in [1.165, 1.54) is 4.90 Å². The van der Waals surface area contributed by atoms with Crippen molar-refractivity contribution in [1.82, 2.24) is 0 Å². The van der Waals surface area contributed by atoms with Gasteiger partial charge in [-0.25, -0.2) is 0 Å². The summed E-state index contributed by atoms with van der Waals surface area (Å²) >= 11 is 0. The summed E-state index contributed by atoms with van der Waals surface area (Å²) in [5.74, 6) is -0.829. The first-order chi connectivity index (χ1) is 8.63. The maximum atomic E-state index is 11.7. The summed E-state index contributed by atoms with van der Waals surface area (Å²) in [6.07, 6.45) is 2.34. The van der Waals surface area contributed by atoms with Crippen LogP contribution in [0.3, 0.4) is 0 Å². The summed E-state index contributed by atoms with van der Waals surface area (Å²) in [6, 6.07) is 5.33. The maximum Gasteiger partial charge on any atom is 0.323 e. The molecule has 1 heterocycles. The van der Waals surface area contributed by atoms with E-state index < -0.39 is 5.97 Å². The highest BCUT2D eigenvalue weighted by Crippen LogP contribution is 2.35. The van der Waals surface area contributed by atoms with E-state index in [0.29, 0.717) is 17.9 Å². The molecule has 0 radical (unpaired) electrons. The molecule has 0 saturated heterocycles. The van der Waals surface area contributed by atoms with Crippen molar-refractivity contribution >= 4 is 17.6 Å². The van der Waals surface area contributed by atoms with Crippen LogP contribution < -0.4 is 9.64 Å². The van der Waals surface area contributed by atoms with Crippen LogP contribution in [0.15, 0.2) is 30.9 Å². The monoisotopic (exact) mass is 247 g/mol. The Kier molecular flexibility index (Phi) is 3.32. The van der Waals surface area contributed by atoms with E-state index in [9.17, 15) is 9.59 Å². The number of hydrogen-bond acceptors (Lipinski definition) is 3. The van der Waals surface area contributed by atoms with Crippen LogP contribution in [-0.4, -0.2) is 30.1 Å². The van der Waals surface area contributed by atoms with Crippen LogP contribution >= 0.6 is 0 Å². The number of benzene rings is 1. The summed E-state index contributed by atoms with van der Waals surface area (Å²) in [6.45, 7) is 3.17. The van der Waals surface area contributed by atoms with Crippen LogP contribution in [0.5, 0.6) is 5.75 Å². The summed E-state index contributed by atoms with van der Waals surface area (Å²) in [7, 11) is 0. The molecular weight excluding hydrogens is 234 g/mol. The topological polar surface area (TPSA) is 66.8 Å². The number of para-hydroxylation sites is 1. The summed E-state index contributed by atoms with van der Waals surface area (Å²) < 4.78 is 5.40. The Hall–Kier alpha value is -2.30. The first kappa shape index (κ1) is 12.2. The third kappa shape index (κ3) is 2.20. The highest BCUT2D eigenvalue weighted by atomic mass is 16.5. The SMILES string of the molecule is C=CCc1cccc2c1OCC(=O)N2CC(=O)O.